The minimum Gasteiger partial charge on any atom is -0.491 e. The second-order valence-electron chi connectivity index (χ2n) is 9.86. The molecule has 1 saturated heterocycles. The summed E-state index contributed by atoms with van der Waals surface area (Å²) in [6, 6.07) is 4.66. The van der Waals surface area contributed by atoms with Crippen molar-refractivity contribution in [1.29, 1.82) is 0 Å². The average molecular weight is 522 g/mol. The first-order chi connectivity index (χ1) is 17.3. The highest BCUT2D eigenvalue weighted by molar-refractivity contribution is 6.31. The van der Waals surface area contributed by atoms with Crippen molar-refractivity contribution in [3.05, 3.63) is 28.8 Å². The van der Waals surface area contributed by atoms with Gasteiger partial charge < -0.3 is 25.2 Å². The Bertz CT molecular complexity index is 904. The molecule has 2 N–H and O–H groups in total. The molecule has 0 spiro atoms. The summed E-state index contributed by atoms with van der Waals surface area (Å²) in [6.07, 6.45) is 1.35. The quantitative estimate of drug-likeness (QED) is 0.628. The van der Waals surface area contributed by atoms with Crippen LogP contribution in [0.15, 0.2) is 18.2 Å². The first-order valence-corrected chi connectivity index (χ1v) is 13.4. The van der Waals surface area contributed by atoms with Gasteiger partial charge in [-0.3, -0.25) is 19.3 Å². The minimum atomic E-state index is -0.284. The van der Waals surface area contributed by atoms with Crippen molar-refractivity contribution >= 4 is 29.3 Å². The van der Waals surface area contributed by atoms with Crippen molar-refractivity contribution in [3.8, 4) is 5.75 Å². The number of hydrogen-bond acceptors (Lipinski definition) is 6. The lowest BCUT2D eigenvalue weighted by molar-refractivity contribution is -0.137. The maximum Gasteiger partial charge on any atom is 0.255 e. The van der Waals surface area contributed by atoms with E-state index in [2.05, 4.69) is 27.4 Å². The molecule has 36 heavy (non-hydrogen) atoms. The molecule has 0 radical (unpaired) electrons. The highest BCUT2D eigenvalue weighted by Crippen LogP contribution is 2.23. The van der Waals surface area contributed by atoms with Crippen LogP contribution in [0.2, 0.25) is 5.02 Å². The minimum absolute atomic E-state index is 0.00946. The monoisotopic (exact) mass is 521 g/mol. The number of rotatable bonds is 4. The number of nitrogens with one attached hydrogen (secondary N) is 2. The molecule has 0 bridgehead atoms. The molecule has 0 saturated carbocycles. The van der Waals surface area contributed by atoms with E-state index < -0.39 is 0 Å². The summed E-state index contributed by atoms with van der Waals surface area (Å²) < 4.78 is 5.98. The van der Waals surface area contributed by atoms with E-state index in [0.717, 1.165) is 32.7 Å². The van der Waals surface area contributed by atoms with Crippen molar-refractivity contribution in [1.82, 2.24) is 25.3 Å². The SMILES string of the molecule is CCN1CCN(CC(=O)N2CCCCNC(=O)c3cc(Cl)ccc3OC[C@@H](C(C)C)NC(=O)C2)CC1. The number of amides is 3. The van der Waals surface area contributed by atoms with Gasteiger partial charge in [0.1, 0.15) is 12.4 Å². The molecule has 1 aromatic rings. The van der Waals surface area contributed by atoms with Gasteiger partial charge in [-0.15, -0.1) is 0 Å². The van der Waals surface area contributed by atoms with E-state index in [9.17, 15) is 14.4 Å². The van der Waals surface area contributed by atoms with Crippen LogP contribution in [0.3, 0.4) is 0 Å². The fourth-order valence-electron chi connectivity index (χ4n) is 4.38. The Balaban J connectivity index is 1.70. The zero-order valence-corrected chi connectivity index (χ0v) is 22.5. The second kappa shape index (κ2) is 13.8. The van der Waals surface area contributed by atoms with Gasteiger partial charge in [-0.25, -0.2) is 0 Å². The zero-order chi connectivity index (χ0) is 26.1. The molecule has 0 aromatic heterocycles. The number of fused-ring (bicyclic) bond motifs is 1. The van der Waals surface area contributed by atoms with Crippen LogP contribution in [0.5, 0.6) is 5.75 Å². The average Bonchev–Trinajstić information content (AvgIpc) is 2.86. The largest absolute Gasteiger partial charge is 0.491 e. The van der Waals surface area contributed by atoms with Gasteiger partial charge in [-0.05, 0) is 43.5 Å². The molecule has 1 fully saturated rings. The fraction of sp³-hybridized carbons (Fsp3) is 0.654. The van der Waals surface area contributed by atoms with E-state index in [1.165, 1.54) is 0 Å². The maximum absolute atomic E-state index is 13.2. The predicted molar refractivity (Wildman–Crippen MR) is 140 cm³/mol. The zero-order valence-electron chi connectivity index (χ0n) is 21.7. The highest BCUT2D eigenvalue weighted by Gasteiger charge is 2.25. The van der Waals surface area contributed by atoms with Crippen molar-refractivity contribution < 1.29 is 19.1 Å². The van der Waals surface area contributed by atoms with Gasteiger partial charge in [-0.2, -0.15) is 0 Å². The Hall–Kier alpha value is -2.36. The lowest BCUT2D eigenvalue weighted by atomic mass is 10.1. The molecule has 1 atom stereocenters. The number of carbonyl (C=O) groups excluding carboxylic acids is 3. The van der Waals surface area contributed by atoms with E-state index >= 15 is 0 Å². The van der Waals surface area contributed by atoms with Crippen LogP contribution >= 0.6 is 11.6 Å². The van der Waals surface area contributed by atoms with Crippen molar-refractivity contribution in [2.24, 2.45) is 5.92 Å². The number of hydrogen-bond donors (Lipinski definition) is 2. The third-order valence-corrected chi connectivity index (χ3v) is 7.09. The van der Waals surface area contributed by atoms with E-state index in [1.807, 2.05) is 13.8 Å². The molecule has 9 nitrogen and oxygen atoms in total. The van der Waals surface area contributed by atoms with Crippen LogP contribution < -0.4 is 15.4 Å². The van der Waals surface area contributed by atoms with Gasteiger partial charge in [0.15, 0.2) is 0 Å². The van der Waals surface area contributed by atoms with Crippen molar-refractivity contribution in [3.63, 3.8) is 0 Å². The predicted octanol–water partition coefficient (Wildman–Crippen LogP) is 1.85. The molecular formula is C26H40ClN5O4. The molecule has 3 rings (SSSR count). The summed E-state index contributed by atoms with van der Waals surface area (Å²) in [7, 11) is 0. The molecule has 2 heterocycles. The second-order valence-corrected chi connectivity index (χ2v) is 10.3. The molecule has 2 aliphatic rings. The van der Waals surface area contributed by atoms with Crippen molar-refractivity contribution in [2.75, 3.05) is 65.5 Å². The normalized spacial score (nSPS) is 21.6. The Kier molecular flexibility index (Phi) is 10.8. The Morgan fingerprint density at radius 2 is 1.83 bits per heavy atom. The van der Waals surface area contributed by atoms with Crippen LogP contribution in [0, 0.1) is 5.92 Å². The summed E-state index contributed by atoms with van der Waals surface area (Å²) in [5.74, 6) is 0.0104. The lowest BCUT2D eigenvalue weighted by Gasteiger charge is -2.35. The summed E-state index contributed by atoms with van der Waals surface area (Å²) in [4.78, 5) is 45.2. The Morgan fingerprint density at radius 1 is 1.11 bits per heavy atom. The van der Waals surface area contributed by atoms with E-state index in [0.29, 0.717) is 48.8 Å². The smallest absolute Gasteiger partial charge is 0.255 e. The molecule has 3 amide bonds. The standard InChI is InChI=1S/C26H40ClN5O4/c1-4-30-11-13-31(14-12-30)17-25(34)32-10-6-5-9-28-26(35)21-15-20(27)7-8-23(21)36-18-22(19(2)3)29-24(33)16-32/h7-8,15,19,22H,4-6,9-14,16-18H2,1-3H3,(H,28,35)(H,29,33)/t22-/m0/s1. The number of halogens is 1. The molecule has 2 aliphatic heterocycles. The number of nitrogens with zero attached hydrogens (tertiary/aromatic N) is 3. The van der Waals surface area contributed by atoms with Crippen LogP contribution in [-0.4, -0.2) is 104 Å². The molecule has 200 valence electrons. The molecule has 1 aromatic carbocycles. The summed E-state index contributed by atoms with van der Waals surface area (Å²) in [6.45, 7) is 12.2. The van der Waals surface area contributed by atoms with E-state index in [-0.39, 0.29) is 42.8 Å². The molecule has 0 aliphatic carbocycles. The summed E-state index contributed by atoms with van der Waals surface area (Å²) in [5.41, 5.74) is 0.367. The topological polar surface area (TPSA) is 94.2 Å². The van der Waals surface area contributed by atoms with Crippen LogP contribution in [0.1, 0.15) is 44.0 Å². The number of carbonyl (C=O) groups is 3. The summed E-state index contributed by atoms with van der Waals surface area (Å²) >= 11 is 6.13. The Morgan fingerprint density at radius 3 is 2.53 bits per heavy atom. The van der Waals surface area contributed by atoms with Crippen LogP contribution in [-0.2, 0) is 9.59 Å². The fourth-order valence-corrected chi connectivity index (χ4v) is 4.56. The van der Waals surface area contributed by atoms with Crippen LogP contribution in [0.4, 0.5) is 0 Å². The molecule has 10 heteroatoms. The van der Waals surface area contributed by atoms with Gasteiger partial charge >= 0.3 is 0 Å². The Labute approximate surface area is 219 Å². The van der Waals surface area contributed by atoms with Gasteiger partial charge in [0.05, 0.1) is 24.7 Å². The number of ether oxygens (including phenoxy) is 1. The van der Waals surface area contributed by atoms with Crippen LogP contribution in [0.25, 0.3) is 0 Å². The highest BCUT2D eigenvalue weighted by atomic mass is 35.5. The number of benzene rings is 1. The third-order valence-electron chi connectivity index (χ3n) is 6.85. The first-order valence-electron chi connectivity index (χ1n) is 13.0. The first kappa shape index (κ1) is 28.2. The number of piperazine rings is 1. The maximum atomic E-state index is 13.2. The molecular weight excluding hydrogens is 482 g/mol. The van der Waals surface area contributed by atoms with Crippen molar-refractivity contribution in [2.45, 2.75) is 39.7 Å². The molecule has 0 unspecified atom stereocenters. The van der Waals surface area contributed by atoms with Gasteiger partial charge in [0, 0.05) is 44.3 Å². The van der Waals surface area contributed by atoms with E-state index in [4.69, 9.17) is 16.3 Å². The van der Waals surface area contributed by atoms with Gasteiger partial charge in [0.2, 0.25) is 11.8 Å². The van der Waals surface area contributed by atoms with Gasteiger partial charge in [0.25, 0.3) is 5.91 Å². The number of likely N-dealkylation sites (N-methyl/N-ethyl adjacent to an activating group) is 1. The summed E-state index contributed by atoms with van der Waals surface area (Å²) in [5, 5.41) is 6.41. The van der Waals surface area contributed by atoms with E-state index in [1.54, 1.807) is 23.1 Å². The lowest BCUT2D eigenvalue weighted by Crippen LogP contribution is -2.52. The van der Waals surface area contributed by atoms with Gasteiger partial charge in [-0.1, -0.05) is 32.4 Å². The third kappa shape index (κ3) is 8.35.